The first kappa shape index (κ1) is 6.74. The van der Waals surface area contributed by atoms with Gasteiger partial charge in [-0.05, 0) is 13.0 Å². The maximum absolute atomic E-state index is 5.53. The fourth-order valence-corrected chi connectivity index (χ4v) is 0.736. The third-order valence-electron chi connectivity index (χ3n) is 1.28. The second-order valence-electron chi connectivity index (χ2n) is 2.12. The summed E-state index contributed by atoms with van der Waals surface area (Å²) in [5.74, 6) is 0. The molecule has 0 saturated carbocycles. The van der Waals surface area contributed by atoms with E-state index in [0.29, 0.717) is 5.69 Å². The summed E-state index contributed by atoms with van der Waals surface area (Å²) >= 11 is 0. The molecule has 1 aromatic heterocycles. The van der Waals surface area contributed by atoms with E-state index in [1.165, 1.54) is 6.21 Å². The van der Waals surface area contributed by atoms with Crippen LogP contribution in [0.4, 0.5) is 5.69 Å². The number of nitrogens with zero attached hydrogens (tertiary/aromatic N) is 1. The fourth-order valence-electron chi connectivity index (χ4n) is 0.736. The normalized spacial score (nSPS) is 9.30. The van der Waals surface area contributed by atoms with Gasteiger partial charge in [0.05, 0.1) is 17.4 Å². The first-order valence-electron chi connectivity index (χ1n) is 3.01. The average molecular weight is 136 g/mol. The number of aromatic nitrogens is 1. The summed E-state index contributed by atoms with van der Waals surface area (Å²) < 4.78 is 0. The van der Waals surface area contributed by atoms with Crippen LogP contribution in [-0.2, 0) is 0 Å². The molecule has 0 bridgehead atoms. The summed E-state index contributed by atoms with van der Waals surface area (Å²) in [7, 11) is 0. The molecule has 4 N–H and O–H groups in total. The Morgan fingerprint density at radius 1 is 1.70 bits per heavy atom. The highest BCUT2D eigenvalue weighted by Gasteiger charge is 1.97. The monoisotopic (exact) mass is 136 g/mol. The zero-order valence-electron chi connectivity index (χ0n) is 5.83. The topological polar surface area (TPSA) is 64.5 Å². The van der Waals surface area contributed by atoms with Crippen molar-refractivity contribution in [3.63, 3.8) is 0 Å². The van der Waals surface area contributed by atoms with Gasteiger partial charge >= 0.3 is 0 Å². The highest BCUT2D eigenvalue weighted by Crippen LogP contribution is 2.06. The van der Waals surface area contributed by atoms with Crippen LogP contribution >= 0.6 is 0 Å². The Kier molecular flexibility index (Phi) is 1.67. The van der Waals surface area contributed by atoms with E-state index in [1.54, 1.807) is 6.20 Å². The Bertz CT molecular complexity index is 255. The number of nitrogen functional groups attached to an aromatic ring is 1. The van der Waals surface area contributed by atoms with Crippen molar-refractivity contribution < 1.29 is 5.41 Å². The molecule has 0 fully saturated rings. The maximum atomic E-state index is 5.53. The third-order valence-corrected chi connectivity index (χ3v) is 1.28. The van der Waals surface area contributed by atoms with Crippen LogP contribution in [0.3, 0.4) is 0 Å². The minimum absolute atomic E-state index is 0.619. The van der Waals surface area contributed by atoms with Gasteiger partial charge in [0.15, 0.2) is 6.21 Å². The lowest BCUT2D eigenvalue weighted by molar-refractivity contribution is -0.104. The Morgan fingerprint density at radius 3 is 2.90 bits per heavy atom. The van der Waals surface area contributed by atoms with Crippen LogP contribution in [0, 0.1) is 6.92 Å². The molecule has 0 spiro atoms. The van der Waals surface area contributed by atoms with Crippen LogP contribution in [0.2, 0.25) is 0 Å². The highest BCUT2D eigenvalue weighted by molar-refractivity contribution is 5.82. The van der Waals surface area contributed by atoms with Gasteiger partial charge in [0, 0.05) is 5.69 Å². The number of aryl methyl sites for hydroxylation is 1. The van der Waals surface area contributed by atoms with Crippen molar-refractivity contribution in [3.8, 4) is 0 Å². The lowest BCUT2D eigenvalue weighted by Crippen LogP contribution is -2.30. The Morgan fingerprint density at radius 2 is 2.40 bits per heavy atom. The summed E-state index contributed by atoms with van der Waals surface area (Å²) in [5, 5.41) is 5.29. The molecule has 1 aromatic rings. The summed E-state index contributed by atoms with van der Waals surface area (Å²) in [6.45, 7) is 1.90. The smallest absolute Gasteiger partial charge is 0.169 e. The van der Waals surface area contributed by atoms with Gasteiger partial charge in [-0.3, -0.25) is 10.4 Å². The van der Waals surface area contributed by atoms with Crippen LogP contribution in [0.15, 0.2) is 12.3 Å². The first-order chi connectivity index (χ1) is 4.74. The molecule has 1 rings (SSSR count). The van der Waals surface area contributed by atoms with E-state index in [1.807, 2.05) is 13.0 Å². The standard InChI is InChI=1S/C7H9N3/c1-5-2-6(3-8)7(9)4-10-5/h2-4,8H,9H2,1H3/p+1. The number of anilines is 1. The predicted molar refractivity (Wildman–Crippen MR) is 40.5 cm³/mol. The van der Waals surface area contributed by atoms with Crippen LogP contribution in [0.5, 0.6) is 0 Å². The van der Waals surface area contributed by atoms with E-state index >= 15 is 0 Å². The molecule has 0 atom stereocenters. The third kappa shape index (κ3) is 1.13. The molecule has 52 valence electrons. The molecule has 1 heterocycles. The fraction of sp³-hybridized carbons (Fsp3) is 0.143. The first-order valence-corrected chi connectivity index (χ1v) is 3.01. The number of nitrogens with two attached hydrogens (primary N) is 2. The number of hydrogen-bond acceptors (Lipinski definition) is 2. The van der Waals surface area contributed by atoms with Gasteiger partial charge in [0.1, 0.15) is 0 Å². The Hall–Kier alpha value is -1.38. The van der Waals surface area contributed by atoms with E-state index in [9.17, 15) is 0 Å². The Labute approximate surface area is 59.4 Å². The van der Waals surface area contributed by atoms with E-state index in [2.05, 4.69) is 4.98 Å². The molecule has 10 heavy (non-hydrogen) atoms. The second kappa shape index (κ2) is 2.47. The molecule has 0 radical (unpaired) electrons. The Balaban J connectivity index is 3.21. The SMILES string of the molecule is Cc1cc(C=[NH2+])c(N)cn1. The van der Waals surface area contributed by atoms with Crippen molar-refractivity contribution in [3.05, 3.63) is 23.5 Å². The van der Waals surface area contributed by atoms with E-state index in [4.69, 9.17) is 11.1 Å². The van der Waals surface area contributed by atoms with Crippen LogP contribution in [-0.4, -0.2) is 11.2 Å². The minimum Gasteiger partial charge on any atom is -0.397 e. The highest BCUT2D eigenvalue weighted by atomic mass is 14.7. The largest absolute Gasteiger partial charge is 0.397 e. The average Bonchev–Trinajstić information content (AvgIpc) is 1.94. The van der Waals surface area contributed by atoms with Crippen molar-refractivity contribution in [2.24, 2.45) is 0 Å². The molecule has 0 saturated heterocycles. The van der Waals surface area contributed by atoms with E-state index < -0.39 is 0 Å². The molecule has 0 aliphatic carbocycles. The predicted octanol–water partition coefficient (Wildman–Crippen LogP) is -0.850. The minimum atomic E-state index is 0.619. The van der Waals surface area contributed by atoms with Gasteiger partial charge in [-0.25, -0.2) is 0 Å². The molecular formula is C7H10N3+. The lowest BCUT2D eigenvalue weighted by atomic mass is 10.2. The molecule has 0 aliphatic rings. The zero-order valence-corrected chi connectivity index (χ0v) is 5.83. The molecular weight excluding hydrogens is 126 g/mol. The molecule has 0 unspecified atom stereocenters. The summed E-state index contributed by atoms with van der Waals surface area (Å²) in [4.78, 5) is 3.99. The van der Waals surface area contributed by atoms with E-state index in [0.717, 1.165) is 11.3 Å². The van der Waals surface area contributed by atoms with Crippen molar-refractivity contribution in [1.82, 2.24) is 4.98 Å². The molecule has 3 heteroatoms. The summed E-state index contributed by atoms with van der Waals surface area (Å²) in [6.07, 6.45) is 3.08. The lowest BCUT2D eigenvalue weighted by Gasteiger charge is -1.95. The molecule has 0 aromatic carbocycles. The van der Waals surface area contributed by atoms with Crippen LogP contribution in [0.1, 0.15) is 11.3 Å². The van der Waals surface area contributed by atoms with Gasteiger partial charge < -0.3 is 5.73 Å². The maximum Gasteiger partial charge on any atom is 0.169 e. The van der Waals surface area contributed by atoms with Gasteiger partial charge in [-0.15, -0.1) is 0 Å². The number of rotatable bonds is 1. The number of pyridine rings is 1. The zero-order chi connectivity index (χ0) is 7.56. The van der Waals surface area contributed by atoms with Crippen LogP contribution in [0.25, 0.3) is 0 Å². The number of hydrogen-bond donors (Lipinski definition) is 2. The summed E-state index contributed by atoms with van der Waals surface area (Å²) in [5.41, 5.74) is 7.91. The molecule has 0 aliphatic heterocycles. The second-order valence-corrected chi connectivity index (χ2v) is 2.12. The van der Waals surface area contributed by atoms with Crippen molar-refractivity contribution in [2.75, 3.05) is 5.73 Å². The van der Waals surface area contributed by atoms with Crippen molar-refractivity contribution in [1.29, 1.82) is 0 Å². The van der Waals surface area contributed by atoms with Gasteiger partial charge in [0.2, 0.25) is 0 Å². The molecule has 3 nitrogen and oxygen atoms in total. The van der Waals surface area contributed by atoms with Gasteiger partial charge in [-0.1, -0.05) is 0 Å². The van der Waals surface area contributed by atoms with Gasteiger partial charge in [0.25, 0.3) is 0 Å². The quantitative estimate of drug-likeness (QED) is 0.494. The molecule has 0 amide bonds. The van der Waals surface area contributed by atoms with Crippen molar-refractivity contribution in [2.45, 2.75) is 6.92 Å². The van der Waals surface area contributed by atoms with Gasteiger partial charge in [-0.2, -0.15) is 0 Å². The van der Waals surface area contributed by atoms with Crippen LogP contribution < -0.4 is 11.1 Å². The summed E-state index contributed by atoms with van der Waals surface area (Å²) in [6, 6.07) is 1.84. The van der Waals surface area contributed by atoms with Crippen molar-refractivity contribution >= 4 is 11.9 Å². The van der Waals surface area contributed by atoms with E-state index in [-0.39, 0.29) is 0 Å².